The predicted octanol–water partition coefficient (Wildman–Crippen LogP) is 5.68. The van der Waals surface area contributed by atoms with Gasteiger partial charge in [-0.3, -0.25) is 9.59 Å². The molecule has 0 amide bonds. The van der Waals surface area contributed by atoms with Crippen LogP contribution in [0.25, 0.3) is 0 Å². The van der Waals surface area contributed by atoms with Gasteiger partial charge in [0.25, 0.3) is 0 Å². The third-order valence-electron chi connectivity index (χ3n) is 7.21. The van der Waals surface area contributed by atoms with Crippen LogP contribution < -0.4 is 20.3 Å². The molecule has 1 aliphatic carbocycles. The number of hydrogen-bond donors (Lipinski definition) is 0. The van der Waals surface area contributed by atoms with E-state index in [0.29, 0.717) is 11.5 Å². The molecule has 6 nitrogen and oxygen atoms in total. The molecule has 2 aromatic carbocycles. The maximum absolute atomic E-state index is 12.7. The molecule has 0 spiro atoms. The zero-order chi connectivity index (χ0) is 25.4. The zero-order valence-corrected chi connectivity index (χ0v) is 20.7. The van der Waals surface area contributed by atoms with Gasteiger partial charge in [-0.05, 0) is 25.0 Å². The van der Waals surface area contributed by atoms with Crippen LogP contribution in [0.1, 0.15) is 57.4 Å². The summed E-state index contributed by atoms with van der Waals surface area (Å²) in [5.41, 5.74) is 4.07. The minimum absolute atomic E-state index is 0.0118. The fourth-order valence-corrected chi connectivity index (χ4v) is 5.34. The normalized spacial score (nSPS) is 21.0. The van der Waals surface area contributed by atoms with Gasteiger partial charge in [0.2, 0.25) is 22.4 Å². The Hall–Kier alpha value is -4.06. The highest BCUT2D eigenvalue weighted by molar-refractivity contribution is 5.46. The van der Waals surface area contributed by atoms with E-state index in [1.807, 2.05) is 0 Å². The lowest BCUT2D eigenvalue weighted by Crippen LogP contribution is -2.40. The van der Waals surface area contributed by atoms with Crippen molar-refractivity contribution in [2.24, 2.45) is 0 Å². The molecule has 0 saturated heterocycles. The van der Waals surface area contributed by atoms with Gasteiger partial charge in [0.05, 0.1) is 14.2 Å². The molecular weight excluding hydrogens is 456 g/mol. The summed E-state index contributed by atoms with van der Waals surface area (Å²) in [7, 11) is 2.87. The fraction of sp³-hybridized carbons (Fsp3) is 0.267. The summed E-state index contributed by atoms with van der Waals surface area (Å²) in [4.78, 5) is 25.4. The van der Waals surface area contributed by atoms with Crippen molar-refractivity contribution < 1.29 is 18.3 Å². The average Bonchev–Trinajstić information content (AvgIpc) is 2.86. The van der Waals surface area contributed by atoms with E-state index in [2.05, 4.69) is 62.4 Å². The van der Waals surface area contributed by atoms with Crippen LogP contribution in [0, 0.1) is 13.8 Å². The van der Waals surface area contributed by atoms with Gasteiger partial charge in [0.15, 0.2) is 0 Å². The van der Waals surface area contributed by atoms with Crippen molar-refractivity contribution in [2.75, 3.05) is 14.2 Å². The first-order chi connectivity index (χ1) is 17.4. The van der Waals surface area contributed by atoms with E-state index in [1.54, 1.807) is 0 Å². The summed E-state index contributed by atoms with van der Waals surface area (Å²) >= 11 is 0. The van der Waals surface area contributed by atoms with Gasteiger partial charge in [-0.15, -0.1) is 0 Å². The van der Waals surface area contributed by atoms with Gasteiger partial charge >= 0.3 is 0 Å². The summed E-state index contributed by atoms with van der Waals surface area (Å²) < 4.78 is 22.2. The van der Waals surface area contributed by atoms with Gasteiger partial charge in [0, 0.05) is 35.8 Å². The van der Waals surface area contributed by atoms with Crippen LogP contribution >= 0.6 is 0 Å². The Morgan fingerprint density at radius 1 is 0.583 bits per heavy atom. The maximum Gasteiger partial charge on any atom is 0.226 e. The second kappa shape index (κ2) is 9.53. The highest BCUT2D eigenvalue weighted by Gasteiger charge is 2.55. The molecule has 5 rings (SSSR count). The molecule has 0 N–H and O–H groups in total. The monoisotopic (exact) mass is 484 g/mol. The van der Waals surface area contributed by atoms with Gasteiger partial charge < -0.3 is 18.3 Å². The van der Waals surface area contributed by atoms with Crippen LogP contribution in [-0.4, -0.2) is 14.2 Å². The third-order valence-corrected chi connectivity index (χ3v) is 7.21. The molecule has 4 unspecified atom stereocenters. The lowest BCUT2D eigenvalue weighted by atomic mass is 9.51. The van der Waals surface area contributed by atoms with Crippen molar-refractivity contribution in [3.8, 4) is 11.5 Å². The Balaban J connectivity index is 1.71. The number of benzene rings is 2. The number of aryl methyl sites for hydroxylation is 2. The molecule has 0 radical (unpaired) electrons. The van der Waals surface area contributed by atoms with E-state index < -0.39 is 0 Å². The quantitative estimate of drug-likeness (QED) is 0.351. The molecule has 4 aromatic rings. The molecule has 36 heavy (non-hydrogen) atoms. The Morgan fingerprint density at radius 3 is 1.25 bits per heavy atom. The Labute approximate surface area is 209 Å². The summed E-state index contributed by atoms with van der Waals surface area (Å²) in [5.74, 6) is 0.837. The lowest BCUT2D eigenvalue weighted by Gasteiger charge is -2.51. The van der Waals surface area contributed by atoms with E-state index in [-0.39, 0.29) is 46.0 Å². The van der Waals surface area contributed by atoms with Gasteiger partial charge in [0.1, 0.15) is 24.0 Å². The number of methoxy groups -OCH3 is 2. The van der Waals surface area contributed by atoms with E-state index in [0.717, 1.165) is 22.3 Å². The molecule has 1 aliphatic rings. The molecule has 2 heterocycles. The van der Waals surface area contributed by atoms with Gasteiger partial charge in [-0.1, -0.05) is 59.7 Å². The van der Waals surface area contributed by atoms with E-state index >= 15 is 0 Å². The Bertz CT molecular complexity index is 1360. The molecule has 0 bridgehead atoms. The van der Waals surface area contributed by atoms with Crippen LogP contribution in [0.2, 0.25) is 0 Å². The Kier molecular flexibility index (Phi) is 6.27. The minimum Gasteiger partial charge on any atom is -0.490 e. The fourth-order valence-electron chi connectivity index (χ4n) is 5.34. The van der Waals surface area contributed by atoms with Crippen molar-refractivity contribution in [2.45, 2.75) is 37.5 Å². The van der Waals surface area contributed by atoms with Crippen LogP contribution in [-0.2, 0) is 0 Å². The van der Waals surface area contributed by atoms with Gasteiger partial charge in [-0.2, -0.15) is 0 Å². The first-order valence-corrected chi connectivity index (χ1v) is 11.9. The first-order valence-electron chi connectivity index (χ1n) is 11.9. The smallest absolute Gasteiger partial charge is 0.226 e. The molecule has 2 aromatic heterocycles. The minimum atomic E-state index is -0.255. The molecule has 184 valence electrons. The predicted molar refractivity (Wildman–Crippen MR) is 136 cm³/mol. The van der Waals surface area contributed by atoms with E-state index in [9.17, 15) is 9.59 Å². The zero-order valence-electron chi connectivity index (χ0n) is 20.7. The van der Waals surface area contributed by atoms with Crippen molar-refractivity contribution in [3.05, 3.63) is 127 Å². The average molecular weight is 485 g/mol. The third kappa shape index (κ3) is 4.13. The molecule has 0 aliphatic heterocycles. The second-order valence-electron chi connectivity index (χ2n) is 9.35. The maximum atomic E-state index is 12.7. The molecular formula is C30H28O6. The van der Waals surface area contributed by atoms with Crippen LogP contribution in [0.5, 0.6) is 11.5 Å². The van der Waals surface area contributed by atoms with Gasteiger partial charge in [-0.25, -0.2) is 0 Å². The number of rotatable bonds is 6. The second-order valence-corrected chi connectivity index (χ2v) is 9.35. The molecule has 6 heteroatoms. The van der Waals surface area contributed by atoms with Crippen molar-refractivity contribution in [3.63, 3.8) is 0 Å². The van der Waals surface area contributed by atoms with Crippen LogP contribution in [0.15, 0.2) is 91.6 Å². The van der Waals surface area contributed by atoms with E-state index in [1.165, 1.54) is 38.9 Å². The standard InChI is InChI=1S/C30H28O6/c1-17-5-9-19(10-6-17)27-28(20-11-7-18(2)8-12-20)30(24-14-22(32)26(34-4)16-36-24)29(27)23-13-21(31)25(33-3)15-35-23/h5-16,27-30H,1-4H3. The Morgan fingerprint density at radius 2 is 0.944 bits per heavy atom. The number of ether oxygens (including phenoxy) is 2. The van der Waals surface area contributed by atoms with Crippen molar-refractivity contribution >= 4 is 0 Å². The summed E-state index contributed by atoms with van der Waals surface area (Å²) in [6.07, 6.45) is 2.70. The lowest BCUT2D eigenvalue weighted by molar-refractivity contribution is 0.170. The topological polar surface area (TPSA) is 78.9 Å². The highest BCUT2D eigenvalue weighted by atomic mass is 16.5. The SMILES string of the molecule is COc1coc(C2C(c3ccc(C)cc3)C(c3ccc(C)cc3)C2c2cc(=O)c(OC)co2)cc1=O. The highest BCUT2D eigenvalue weighted by Crippen LogP contribution is 2.66. The summed E-state index contributed by atoms with van der Waals surface area (Å²) in [5, 5.41) is 0. The largest absolute Gasteiger partial charge is 0.490 e. The molecule has 1 saturated carbocycles. The van der Waals surface area contributed by atoms with Crippen LogP contribution in [0.3, 0.4) is 0 Å². The molecule has 1 fully saturated rings. The molecule has 4 atom stereocenters. The van der Waals surface area contributed by atoms with Crippen molar-refractivity contribution in [1.82, 2.24) is 0 Å². The first kappa shape index (κ1) is 23.7. The number of hydrogen-bond acceptors (Lipinski definition) is 6. The van der Waals surface area contributed by atoms with E-state index in [4.69, 9.17) is 18.3 Å². The summed E-state index contributed by atoms with van der Waals surface area (Å²) in [6.45, 7) is 4.10. The van der Waals surface area contributed by atoms with Crippen molar-refractivity contribution in [1.29, 1.82) is 0 Å². The summed E-state index contributed by atoms with van der Waals surface area (Å²) in [6, 6.07) is 19.8. The van der Waals surface area contributed by atoms with Crippen LogP contribution in [0.4, 0.5) is 0 Å².